The molecule has 0 aromatic carbocycles. The highest BCUT2D eigenvalue weighted by Crippen LogP contribution is 2.27. The third-order valence-corrected chi connectivity index (χ3v) is 3.51. The van der Waals surface area contributed by atoms with Crippen molar-refractivity contribution in [3.8, 4) is 0 Å². The number of esters is 1. The fraction of sp³-hybridized carbons (Fsp3) is 0.625. The summed E-state index contributed by atoms with van der Waals surface area (Å²) in [6.07, 6.45) is 4.02. The topological polar surface area (TPSA) is 86.0 Å². The predicted octanol–water partition coefficient (Wildman–Crippen LogP) is 1.34. The van der Waals surface area contributed by atoms with Gasteiger partial charge in [-0.2, -0.15) is 4.98 Å². The fourth-order valence-corrected chi connectivity index (χ4v) is 2.23. The van der Waals surface area contributed by atoms with E-state index in [4.69, 9.17) is 9.47 Å². The summed E-state index contributed by atoms with van der Waals surface area (Å²) in [4.78, 5) is 33.4. The quantitative estimate of drug-likeness (QED) is 0.443. The van der Waals surface area contributed by atoms with E-state index >= 15 is 0 Å². The molecule has 0 spiro atoms. The minimum atomic E-state index is -0.409. The Morgan fingerprint density at radius 2 is 2.29 bits per heavy atom. The van der Waals surface area contributed by atoms with Crippen LogP contribution in [0.1, 0.15) is 32.9 Å². The zero-order chi connectivity index (χ0) is 17.7. The van der Waals surface area contributed by atoms with Gasteiger partial charge in [-0.15, -0.1) is 0 Å². The molecule has 1 aliphatic rings. The number of nitrogens with zero attached hydrogens (tertiary/aromatic N) is 4. The van der Waals surface area contributed by atoms with Crippen molar-refractivity contribution >= 4 is 18.1 Å². The Labute approximate surface area is 141 Å². The molecule has 2 atom stereocenters. The first-order chi connectivity index (χ1) is 11.4. The second-order valence-corrected chi connectivity index (χ2v) is 6.26. The van der Waals surface area contributed by atoms with E-state index in [2.05, 4.69) is 9.98 Å². The van der Waals surface area contributed by atoms with Gasteiger partial charge in [-0.3, -0.25) is 9.36 Å². The van der Waals surface area contributed by atoms with Crippen LogP contribution in [0.25, 0.3) is 0 Å². The largest absolute Gasteiger partial charge is 0.463 e. The molecular formula is C16H24N4O4. The fourth-order valence-electron chi connectivity index (χ4n) is 2.23. The highest BCUT2D eigenvalue weighted by molar-refractivity contribution is 5.71. The van der Waals surface area contributed by atoms with Crippen LogP contribution in [0, 0.1) is 5.92 Å². The maximum atomic E-state index is 12.1. The van der Waals surface area contributed by atoms with Crippen LogP contribution < -0.4 is 5.69 Å². The summed E-state index contributed by atoms with van der Waals surface area (Å²) >= 11 is 0. The van der Waals surface area contributed by atoms with Crippen molar-refractivity contribution in [3.05, 3.63) is 22.7 Å². The smallest absolute Gasteiger partial charge is 0.351 e. The average molecular weight is 336 g/mol. The van der Waals surface area contributed by atoms with E-state index in [0.717, 1.165) is 6.42 Å². The first-order valence-electron chi connectivity index (χ1n) is 7.98. The third-order valence-electron chi connectivity index (χ3n) is 3.51. The summed E-state index contributed by atoms with van der Waals surface area (Å²) in [5, 5.41) is 0. The van der Waals surface area contributed by atoms with Crippen LogP contribution in [0.5, 0.6) is 0 Å². The van der Waals surface area contributed by atoms with Gasteiger partial charge in [0.1, 0.15) is 12.8 Å². The van der Waals surface area contributed by atoms with E-state index in [1.807, 2.05) is 14.1 Å². The second kappa shape index (κ2) is 8.05. The summed E-state index contributed by atoms with van der Waals surface area (Å²) in [6.45, 7) is 3.78. The van der Waals surface area contributed by atoms with Crippen molar-refractivity contribution in [1.82, 2.24) is 14.5 Å². The average Bonchev–Trinajstić information content (AvgIpc) is 2.99. The molecule has 1 saturated heterocycles. The Balaban J connectivity index is 1.96. The summed E-state index contributed by atoms with van der Waals surface area (Å²) in [5.74, 6) is -0.0568. The molecule has 8 nitrogen and oxygen atoms in total. The Bertz CT molecular complexity index is 654. The predicted molar refractivity (Wildman–Crippen MR) is 89.3 cm³/mol. The molecule has 1 fully saturated rings. The number of carbonyl (C=O) groups excluding carboxylic acids is 1. The van der Waals surface area contributed by atoms with Gasteiger partial charge in [0.25, 0.3) is 0 Å². The molecule has 0 amide bonds. The molecule has 0 aliphatic carbocycles. The Kier molecular flexibility index (Phi) is 6.08. The SMILES string of the molecule is CC(C)C(=O)OC[C@@H]1CC[C@H](n2ccc(/N=C/N(C)C)nc2=O)O1. The van der Waals surface area contributed by atoms with E-state index in [1.54, 1.807) is 37.3 Å². The van der Waals surface area contributed by atoms with Crippen molar-refractivity contribution < 1.29 is 14.3 Å². The number of aromatic nitrogens is 2. The molecule has 2 heterocycles. The van der Waals surface area contributed by atoms with Gasteiger partial charge in [0.05, 0.1) is 18.4 Å². The van der Waals surface area contributed by atoms with Crippen LogP contribution in [-0.2, 0) is 14.3 Å². The van der Waals surface area contributed by atoms with Gasteiger partial charge in [-0.25, -0.2) is 9.79 Å². The molecule has 2 rings (SSSR count). The van der Waals surface area contributed by atoms with Gasteiger partial charge in [0.15, 0.2) is 5.82 Å². The number of ether oxygens (including phenoxy) is 2. The summed E-state index contributed by atoms with van der Waals surface area (Å²) in [6, 6.07) is 1.66. The molecule has 1 aliphatic heterocycles. The monoisotopic (exact) mass is 336 g/mol. The van der Waals surface area contributed by atoms with Crippen LogP contribution in [-0.4, -0.2) is 53.6 Å². The lowest BCUT2D eigenvalue weighted by atomic mass is 10.2. The van der Waals surface area contributed by atoms with E-state index in [9.17, 15) is 9.59 Å². The number of aliphatic imine (C=N–C) groups is 1. The Hall–Kier alpha value is -2.22. The zero-order valence-corrected chi connectivity index (χ0v) is 14.5. The number of carbonyl (C=O) groups is 1. The molecule has 0 bridgehead atoms. The summed E-state index contributed by atoms with van der Waals surface area (Å²) < 4.78 is 12.4. The first-order valence-corrected chi connectivity index (χ1v) is 7.98. The normalized spacial score (nSPS) is 20.7. The molecule has 8 heteroatoms. The first kappa shape index (κ1) is 18.1. The molecule has 1 aromatic heterocycles. The highest BCUT2D eigenvalue weighted by Gasteiger charge is 2.28. The minimum absolute atomic E-state index is 0.163. The van der Waals surface area contributed by atoms with E-state index < -0.39 is 5.69 Å². The maximum Gasteiger partial charge on any atom is 0.351 e. The van der Waals surface area contributed by atoms with Gasteiger partial charge >= 0.3 is 11.7 Å². The molecule has 1 aromatic rings. The lowest BCUT2D eigenvalue weighted by Crippen LogP contribution is -2.27. The van der Waals surface area contributed by atoms with Crippen molar-refractivity contribution in [2.75, 3.05) is 20.7 Å². The van der Waals surface area contributed by atoms with Gasteiger partial charge in [0, 0.05) is 20.3 Å². The van der Waals surface area contributed by atoms with Crippen LogP contribution in [0.2, 0.25) is 0 Å². The van der Waals surface area contributed by atoms with Gasteiger partial charge in [-0.1, -0.05) is 13.8 Å². The van der Waals surface area contributed by atoms with Crippen molar-refractivity contribution in [2.45, 2.75) is 39.0 Å². The molecule has 24 heavy (non-hydrogen) atoms. The second-order valence-electron chi connectivity index (χ2n) is 6.26. The van der Waals surface area contributed by atoms with Crippen molar-refractivity contribution in [2.24, 2.45) is 10.9 Å². The molecule has 0 saturated carbocycles. The van der Waals surface area contributed by atoms with Gasteiger partial charge in [-0.05, 0) is 18.9 Å². The highest BCUT2D eigenvalue weighted by atomic mass is 16.6. The lowest BCUT2D eigenvalue weighted by molar-refractivity contribution is -0.152. The number of hydrogen-bond acceptors (Lipinski definition) is 6. The molecule has 0 unspecified atom stereocenters. The lowest BCUT2D eigenvalue weighted by Gasteiger charge is -2.16. The third kappa shape index (κ3) is 4.89. The van der Waals surface area contributed by atoms with E-state index in [-0.39, 0.29) is 30.8 Å². The molecule has 0 radical (unpaired) electrons. The Morgan fingerprint density at radius 1 is 1.54 bits per heavy atom. The van der Waals surface area contributed by atoms with E-state index in [0.29, 0.717) is 12.2 Å². The van der Waals surface area contributed by atoms with E-state index in [1.165, 1.54) is 4.57 Å². The van der Waals surface area contributed by atoms with Crippen LogP contribution in [0.3, 0.4) is 0 Å². The van der Waals surface area contributed by atoms with Crippen LogP contribution in [0.4, 0.5) is 5.82 Å². The van der Waals surface area contributed by atoms with Crippen molar-refractivity contribution in [3.63, 3.8) is 0 Å². The molecule has 132 valence electrons. The number of rotatable bonds is 6. The van der Waals surface area contributed by atoms with Gasteiger partial charge in [0.2, 0.25) is 0 Å². The standard InChI is InChI=1S/C16H24N4O4/c1-11(2)15(21)23-9-12-5-6-14(24-12)20-8-7-13(18-16(20)22)17-10-19(3)4/h7-8,10-12,14H,5-6,9H2,1-4H3/b17-10+/t12-,14+/m0/s1. The molecular weight excluding hydrogens is 312 g/mol. The van der Waals surface area contributed by atoms with Crippen molar-refractivity contribution in [1.29, 1.82) is 0 Å². The number of hydrogen-bond donors (Lipinski definition) is 0. The summed E-state index contributed by atoms with van der Waals surface area (Å²) in [7, 11) is 3.67. The summed E-state index contributed by atoms with van der Waals surface area (Å²) in [5.41, 5.74) is -0.409. The minimum Gasteiger partial charge on any atom is -0.463 e. The zero-order valence-electron chi connectivity index (χ0n) is 14.5. The Morgan fingerprint density at radius 3 is 2.92 bits per heavy atom. The maximum absolute atomic E-state index is 12.1. The van der Waals surface area contributed by atoms with Crippen LogP contribution in [0.15, 0.2) is 22.1 Å². The van der Waals surface area contributed by atoms with Crippen LogP contribution >= 0.6 is 0 Å². The molecule has 0 N–H and O–H groups in total. The van der Waals surface area contributed by atoms with Gasteiger partial charge < -0.3 is 14.4 Å².